The molecule has 8 nitrogen and oxygen atoms in total. The molecule has 0 saturated heterocycles. The molecular formula is C35H39N3O5S. The number of aryl methyl sites for hydroxylation is 3. The van der Waals surface area contributed by atoms with Crippen LogP contribution in [0.3, 0.4) is 0 Å². The van der Waals surface area contributed by atoms with E-state index in [0.717, 1.165) is 29.1 Å². The third kappa shape index (κ3) is 5.41. The monoisotopic (exact) mass is 613 g/mol. The van der Waals surface area contributed by atoms with E-state index in [-0.39, 0.29) is 12.2 Å². The number of thiazole rings is 1. The van der Waals surface area contributed by atoms with Crippen LogP contribution in [0, 0.1) is 27.7 Å². The molecule has 0 amide bonds. The van der Waals surface area contributed by atoms with Gasteiger partial charge in [0.25, 0.3) is 5.56 Å². The van der Waals surface area contributed by atoms with Crippen LogP contribution in [0.4, 0.5) is 0 Å². The van der Waals surface area contributed by atoms with E-state index >= 15 is 0 Å². The highest BCUT2D eigenvalue weighted by Gasteiger charge is 2.36. The van der Waals surface area contributed by atoms with Crippen LogP contribution in [0.25, 0.3) is 11.8 Å². The van der Waals surface area contributed by atoms with E-state index in [1.54, 1.807) is 37.8 Å². The Morgan fingerprint density at radius 1 is 1.02 bits per heavy atom. The van der Waals surface area contributed by atoms with Crippen molar-refractivity contribution in [1.29, 1.82) is 0 Å². The number of carbonyl (C=O) groups excluding carboxylic acids is 1. The summed E-state index contributed by atoms with van der Waals surface area (Å²) in [7, 11) is 3.15. The number of hydrogen-bond acceptors (Lipinski definition) is 7. The second-order valence-corrected chi connectivity index (χ2v) is 11.9. The number of hydrogen-bond donors (Lipinski definition) is 0. The first-order chi connectivity index (χ1) is 21.1. The third-order valence-electron chi connectivity index (χ3n) is 8.04. The smallest absolute Gasteiger partial charge is 0.338 e. The van der Waals surface area contributed by atoms with Crippen molar-refractivity contribution >= 4 is 23.4 Å². The summed E-state index contributed by atoms with van der Waals surface area (Å²) in [5.74, 6) is 0.613. The van der Waals surface area contributed by atoms with Gasteiger partial charge in [0.2, 0.25) is 0 Å². The Morgan fingerprint density at radius 3 is 2.39 bits per heavy atom. The summed E-state index contributed by atoms with van der Waals surface area (Å²) in [4.78, 5) is 33.4. The fourth-order valence-electron chi connectivity index (χ4n) is 6.05. The number of ether oxygens (including phenoxy) is 3. The van der Waals surface area contributed by atoms with Gasteiger partial charge in [-0.15, -0.1) is 0 Å². The topological polar surface area (TPSA) is 84.0 Å². The zero-order valence-electron chi connectivity index (χ0n) is 26.6. The maximum Gasteiger partial charge on any atom is 0.338 e. The molecule has 4 aromatic rings. The van der Waals surface area contributed by atoms with Crippen LogP contribution < -0.4 is 24.4 Å². The highest BCUT2D eigenvalue weighted by atomic mass is 32.1. The molecule has 0 radical (unpaired) electrons. The Kier molecular flexibility index (Phi) is 8.97. The lowest BCUT2D eigenvalue weighted by Crippen LogP contribution is -2.40. The van der Waals surface area contributed by atoms with Gasteiger partial charge in [-0.3, -0.25) is 9.36 Å². The van der Waals surface area contributed by atoms with Crippen LogP contribution in [0.1, 0.15) is 66.4 Å². The Morgan fingerprint density at radius 2 is 1.75 bits per heavy atom. The third-order valence-corrected chi connectivity index (χ3v) is 9.03. The molecule has 9 heteroatoms. The molecule has 0 saturated carbocycles. The number of para-hydroxylation sites is 1. The molecule has 0 bridgehead atoms. The summed E-state index contributed by atoms with van der Waals surface area (Å²) in [5, 5.41) is 0. The van der Waals surface area contributed by atoms with Gasteiger partial charge in [-0.25, -0.2) is 9.79 Å². The van der Waals surface area contributed by atoms with Crippen molar-refractivity contribution in [2.24, 2.45) is 4.99 Å². The molecular weight excluding hydrogens is 574 g/mol. The zero-order chi connectivity index (χ0) is 31.7. The molecule has 1 atom stereocenters. The first kappa shape index (κ1) is 31.1. The molecule has 2 aromatic heterocycles. The van der Waals surface area contributed by atoms with Gasteiger partial charge in [-0.2, -0.15) is 0 Å². The van der Waals surface area contributed by atoms with Crippen LogP contribution in [0.15, 0.2) is 63.5 Å². The van der Waals surface area contributed by atoms with Crippen LogP contribution in [0.2, 0.25) is 0 Å². The standard InChI is InChI=1S/C35H39N3O5S/c1-9-12-27-30(34(40)43-10-2)32(26-19-25(41-7)15-16-28(26)42-8)38-33(39)29(44-35(38)36-27)18-24-17-22(5)37(23(24)6)31-20(3)13-11-14-21(31)4/h11,13-19,32H,9-10,12H2,1-8H3/b29-18+. The van der Waals surface area contributed by atoms with E-state index in [2.05, 4.69) is 56.5 Å². The van der Waals surface area contributed by atoms with Gasteiger partial charge in [-0.1, -0.05) is 42.9 Å². The van der Waals surface area contributed by atoms with Gasteiger partial charge in [-0.05, 0) is 88.1 Å². The Bertz CT molecular complexity index is 1940. The Labute approximate surface area is 261 Å². The van der Waals surface area contributed by atoms with Crippen molar-refractivity contribution in [3.8, 4) is 17.2 Å². The lowest BCUT2D eigenvalue weighted by Gasteiger charge is -2.27. The molecule has 0 N–H and O–H groups in total. The van der Waals surface area contributed by atoms with Crippen molar-refractivity contribution in [3.63, 3.8) is 0 Å². The normalized spacial score (nSPS) is 14.8. The minimum absolute atomic E-state index is 0.199. The maximum absolute atomic E-state index is 14.4. The average Bonchev–Trinajstić information content (AvgIpc) is 3.46. The van der Waals surface area contributed by atoms with E-state index in [1.807, 2.05) is 19.1 Å². The van der Waals surface area contributed by atoms with E-state index in [1.165, 1.54) is 22.5 Å². The van der Waals surface area contributed by atoms with Crippen LogP contribution in [-0.4, -0.2) is 35.9 Å². The number of methoxy groups -OCH3 is 2. The molecule has 5 rings (SSSR count). The number of aromatic nitrogens is 2. The average molecular weight is 614 g/mol. The highest BCUT2D eigenvalue weighted by molar-refractivity contribution is 7.07. The molecule has 1 aliphatic rings. The molecule has 3 heterocycles. The van der Waals surface area contributed by atoms with Crippen molar-refractivity contribution in [2.75, 3.05) is 20.8 Å². The van der Waals surface area contributed by atoms with Gasteiger partial charge in [0, 0.05) is 17.0 Å². The molecule has 0 fully saturated rings. The largest absolute Gasteiger partial charge is 0.497 e. The second-order valence-electron chi connectivity index (χ2n) is 10.9. The van der Waals surface area contributed by atoms with Crippen molar-refractivity contribution in [3.05, 3.63) is 107 Å². The van der Waals surface area contributed by atoms with E-state index in [0.29, 0.717) is 44.1 Å². The summed E-state index contributed by atoms with van der Waals surface area (Å²) in [6, 6.07) is 13.0. The molecule has 2 aromatic carbocycles. The quantitative estimate of drug-likeness (QED) is 0.229. The van der Waals surface area contributed by atoms with Gasteiger partial charge in [0.1, 0.15) is 17.5 Å². The number of nitrogens with zero attached hydrogens (tertiary/aromatic N) is 3. The SMILES string of the molecule is CCCC1=C(C(=O)OCC)C(c2cc(OC)ccc2OC)n2c(s/c(=C/c3cc(C)n(-c4c(C)cccc4C)c3C)c2=O)=N1. The molecule has 1 unspecified atom stereocenters. The summed E-state index contributed by atoms with van der Waals surface area (Å²) in [6.07, 6.45) is 3.26. The number of rotatable bonds is 9. The van der Waals surface area contributed by atoms with Crippen LogP contribution in [-0.2, 0) is 9.53 Å². The molecule has 0 aliphatic carbocycles. The lowest BCUT2D eigenvalue weighted by atomic mass is 9.93. The molecule has 0 spiro atoms. The van der Waals surface area contributed by atoms with Crippen molar-refractivity contribution in [2.45, 2.75) is 60.4 Å². The van der Waals surface area contributed by atoms with Gasteiger partial charge in [0.15, 0.2) is 4.80 Å². The highest BCUT2D eigenvalue weighted by Crippen LogP contribution is 2.39. The van der Waals surface area contributed by atoms with Gasteiger partial charge < -0.3 is 18.8 Å². The first-order valence-corrected chi connectivity index (χ1v) is 15.7. The lowest BCUT2D eigenvalue weighted by molar-refractivity contribution is -0.139. The van der Waals surface area contributed by atoms with Crippen molar-refractivity contribution < 1.29 is 19.0 Å². The molecule has 1 aliphatic heterocycles. The predicted molar refractivity (Wildman–Crippen MR) is 174 cm³/mol. The Hall–Kier alpha value is -4.37. The van der Waals surface area contributed by atoms with Crippen LogP contribution in [0.5, 0.6) is 11.5 Å². The first-order valence-electron chi connectivity index (χ1n) is 14.8. The molecule has 44 heavy (non-hydrogen) atoms. The number of esters is 1. The summed E-state index contributed by atoms with van der Waals surface area (Å²) in [6.45, 7) is 12.4. The zero-order valence-corrected chi connectivity index (χ0v) is 27.4. The maximum atomic E-state index is 14.4. The fourth-order valence-corrected chi connectivity index (χ4v) is 7.06. The Balaban J connectivity index is 1.79. The van der Waals surface area contributed by atoms with Crippen molar-refractivity contribution in [1.82, 2.24) is 9.13 Å². The summed E-state index contributed by atoms with van der Waals surface area (Å²) in [5.41, 5.74) is 7.91. The minimum Gasteiger partial charge on any atom is -0.497 e. The minimum atomic E-state index is -0.805. The number of fused-ring (bicyclic) bond motifs is 1. The van der Waals surface area contributed by atoms with E-state index < -0.39 is 12.0 Å². The molecule has 230 valence electrons. The number of benzene rings is 2. The van der Waals surface area contributed by atoms with E-state index in [4.69, 9.17) is 19.2 Å². The van der Waals surface area contributed by atoms with Gasteiger partial charge >= 0.3 is 5.97 Å². The summed E-state index contributed by atoms with van der Waals surface area (Å²) >= 11 is 1.32. The number of carbonyl (C=O) groups is 1. The van der Waals surface area contributed by atoms with Gasteiger partial charge in [0.05, 0.1) is 42.3 Å². The summed E-state index contributed by atoms with van der Waals surface area (Å²) < 4.78 is 21.2. The second kappa shape index (κ2) is 12.7. The fraction of sp³-hybridized carbons (Fsp3) is 0.343. The number of allylic oxidation sites excluding steroid dienone is 1. The van der Waals surface area contributed by atoms with E-state index in [9.17, 15) is 9.59 Å². The predicted octanol–water partition coefficient (Wildman–Crippen LogP) is 5.62. The van der Waals surface area contributed by atoms with Crippen LogP contribution >= 0.6 is 11.3 Å².